The molecule has 3 nitrogen and oxygen atoms in total. The summed E-state index contributed by atoms with van der Waals surface area (Å²) in [5.41, 5.74) is 0.247. The Kier molecular flexibility index (Phi) is 3.75. The molecule has 4 heteroatoms. The molecule has 0 N–H and O–H groups in total. The van der Waals surface area contributed by atoms with Gasteiger partial charge >= 0.3 is 0 Å². The van der Waals surface area contributed by atoms with E-state index in [1.54, 1.807) is 7.11 Å². The molecule has 2 aliphatic rings. The Balaban J connectivity index is 2.01. The summed E-state index contributed by atoms with van der Waals surface area (Å²) in [5, 5.41) is 0. The highest BCUT2D eigenvalue weighted by Gasteiger charge is 2.50. The number of amides is 1. The lowest BCUT2D eigenvalue weighted by atomic mass is 9.82. The molecule has 92 valence electrons. The largest absolute Gasteiger partial charge is 0.384 e. The average Bonchev–Trinajstić information content (AvgIpc) is 2.74. The monoisotopic (exact) mass is 245 g/mol. The smallest absolute Gasteiger partial charge is 0.223 e. The highest BCUT2D eigenvalue weighted by atomic mass is 35.5. The van der Waals surface area contributed by atoms with Gasteiger partial charge in [-0.3, -0.25) is 4.79 Å². The lowest BCUT2D eigenvalue weighted by molar-refractivity contribution is -0.130. The highest BCUT2D eigenvalue weighted by molar-refractivity contribution is 6.18. The molecule has 2 rings (SSSR count). The lowest BCUT2D eigenvalue weighted by Gasteiger charge is -2.27. The molecule has 2 fully saturated rings. The van der Waals surface area contributed by atoms with Crippen LogP contribution < -0.4 is 0 Å². The molecule has 0 unspecified atom stereocenters. The standard InChI is InChI=1S/C12H20ClNO2/c1-16-9-12-5-2-3-10(12)7-14(8-12)11(15)4-6-13/h10H,2-9H2,1H3/t10-,12+/m0/s1. The van der Waals surface area contributed by atoms with Gasteiger partial charge in [0.05, 0.1) is 6.61 Å². The molecule has 0 spiro atoms. The van der Waals surface area contributed by atoms with Crippen LogP contribution in [0.5, 0.6) is 0 Å². The molecule has 1 aliphatic heterocycles. The van der Waals surface area contributed by atoms with Crippen molar-refractivity contribution in [1.29, 1.82) is 0 Å². The van der Waals surface area contributed by atoms with Gasteiger partial charge in [0, 0.05) is 37.9 Å². The van der Waals surface area contributed by atoms with E-state index in [9.17, 15) is 4.79 Å². The average molecular weight is 246 g/mol. The molecule has 16 heavy (non-hydrogen) atoms. The molecule has 0 radical (unpaired) electrons. The van der Waals surface area contributed by atoms with Gasteiger partial charge < -0.3 is 9.64 Å². The number of ether oxygens (including phenoxy) is 1. The van der Waals surface area contributed by atoms with Crippen molar-refractivity contribution in [2.45, 2.75) is 25.7 Å². The van der Waals surface area contributed by atoms with Crippen molar-refractivity contribution in [2.75, 3.05) is 32.7 Å². The quantitative estimate of drug-likeness (QED) is 0.708. The number of hydrogen-bond donors (Lipinski definition) is 0. The Morgan fingerprint density at radius 1 is 1.62 bits per heavy atom. The van der Waals surface area contributed by atoms with E-state index in [0.29, 0.717) is 18.2 Å². The first kappa shape index (κ1) is 12.2. The molecule has 0 aromatic rings. The Morgan fingerprint density at radius 2 is 2.44 bits per heavy atom. The molecule has 1 saturated carbocycles. The number of halogens is 1. The van der Waals surface area contributed by atoms with E-state index in [0.717, 1.165) is 19.7 Å². The molecule has 1 heterocycles. The van der Waals surface area contributed by atoms with Crippen LogP contribution in [-0.4, -0.2) is 43.5 Å². The maximum absolute atomic E-state index is 11.8. The van der Waals surface area contributed by atoms with E-state index in [4.69, 9.17) is 16.3 Å². The van der Waals surface area contributed by atoms with Gasteiger partial charge in [-0.05, 0) is 18.8 Å². The van der Waals surface area contributed by atoms with Crippen LogP contribution in [0.15, 0.2) is 0 Å². The summed E-state index contributed by atoms with van der Waals surface area (Å²) in [6, 6.07) is 0. The minimum Gasteiger partial charge on any atom is -0.384 e. The second kappa shape index (κ2) is 4.92. The summed E-state index contributed by atoms with van der Waals surface area (Å²) >= 11 is 5.62. The van der Waals surface area contributed by atoms with Crippen LogP contribution >= 0.6 is 11.6 Å². The van der Waals surface area contributed by atoms with Gasteiger partial charge in [0.25, 0.3) is 0 Å². The van der Waals surface area contributed by atoms with Crippen LogP contribution in [0.2, 0.25) is 0 Å². The van der Waals surface area contributed by atoms with Crippen molar-refractivity contribution in [3.63, 3.8) is 0 Å². The number of likely N-dealkylation sites (tertiary alicyclic amines) is 1. The van der Waals surface area contributed by atoms with Crippen LogP contribution in [0.4, 0.5) is 0 Å². The number of alkyl halides is 1. The molecular formula is C12H20ClNO2. The van der Waals surface area contributed by atoms with E-state index in [1.165, 1.54) is 19.3 Å². The summed E-state index contributed by atoms with van der Waals surface area (Å²) in [7, 11) is 1.76. The third-order valence-electron chi connectivity index (χ3n) is 4.13. The molecule has 1 amide bonds. The molecule has 2 atom stereocenters. The molecule has 0 aromatic heterocycles. The second-order valence-electron chi connectivity index (χ2n) is 5.10. The third kappa shape index (κ3) is 2.07. The van der Waals surface area contributed by atoms with Crippen LogP contribution in [0.3, 0.4) is 0 Å². The van der Waals surface area contributed by atoms with Crippen molar-refractivity contribution in [3.8, 4) is 0 Å². The van der Waals surface area contributed by atoms with Crippen molar-refractivity contribution < 1.29 is 9.53 Å². The van der Waals surface area contributed by atoms with Gasteiger partial charge in [0.2, 0.25) is 5.91 Å². The zero-order valence-electron chi connectivity index (χ0n) is 9.88. The number of hydrogen-bond acceptors (Lipinski definition) is 2. The predicted molar refractivity (Wildman–Crippen MR) is 63.6 cm³/mol. The fourth-order valence-corrected chi connectivity index (χ4v) is 3.53. The summed E-state index contributed by atoms with van der Waals surface area (Å²) in [6.07, 6.45) is 4.20. The SMILES string of the molecule is COC[C@]12CCC[C@H]1CN(C(=O)CCCl)C2. The molecule has 0 bridgehead atoms. The van der Waals surface area contributed by atoms with Crippen LogP contribution in [0, 0.1) is 11.3 Å². The first-order valence-corrected chi connectivity index (χ1v) is 6.58. The summed E-state index contributed by atoms with van der Waals surface area (Å²) in [5.74, 6) is 1.28. The Bertz CT molecular complexity index is 272. The number of carbonyl (C=O) groups excluding carboxylic acids is 1. The normalized spacial score (nSPS) is 33.1. The molecule has 1 saturated heterocycles. The minimum absolute atomic E-state index is 0.208. The van der Waals surface area contributed by atoms with E-state index >= 15 is 0 Å². The van der Waals surface area contributed by atoms with Gasteiger partial charge in [-0.2, -0.15) is 0 Å². The maximum atomic E-state index is 11.8. The fourth-order valence-electron chi connectivity index (χ4n) is 3.37. The first-order chi connectivity index (χ1) is 7.72. The van der Waals surface area contributed by atoms with Gasteiger partial charge in [-0.25, -0.2) is 0 Å². The Hall–Kier alpha value is -0.280. The number of fused-ring (bicyclic) bond motifs is 1. The van der Waals surface area contributed by atoms with Gasteiger partial charge in [0.15, 0.2) is 0 Å². The van der Waals surface area contributed by atoms with Crippen LogP contribution in [-0.2, 0) is 9.53 Å². The second-order valence-corrected chi connectivity index (χ2v) is 5.48. The van der Waals surface area contributed by atoms with Gasteiger partial charge in [0.1, 0.15) is 0 Å². The molecule has 0 aromatic carbocycles. The zero-order valence-corrected chi connectivity index (χ0v) is 10.6. The van der Waals surface area contributed by atoms with E-state index in [2.05, 4.69) is 0 Å². The van der Waals surface area contributed by atoms with Gasteiger partial charge in [-0.1, -0.05) is 6.42 Å². The summed E-state index contributed by atoms with van der Waals surface area (Å²) in [4.78, 5) is 13.8. The number of carbonyl (C=O) groups is 1. The third-order valence-corrected chi connectivity index (χ3v) is 4.32. The van der Waals surface area contributed by atoms with Crippen molar-refractivity contribution in [1.82, 2.24) is 4.90 Å². The number of nitrogens with zero attached hydrogens (tertiary/aromatic N) is 1. The van der Waals surface area contributed by atoms with E-state index < -0.39 is 0 Å². The minimum atomic E-state index is 0.208. The van der Waals surface area contributed by atoms with E-state index in [-0.39, 0.29) is 11.3 Å². The maximum Gasteiger partial charge on any atom is 0.223 e. The Morgan fingerprint density at radius 3 is 3.12 bits per heavy atom. The highest BCUT2D eigenvalue weighted by Crippen LogP contribution is 2.48. The van der Waals surface area contributed by atoms with Crippen molar-refractivity contribution in [2.24, 2.45) is 11.3 Å². The first-order valence-electron chi connectivity index (χ1n) is 6.04. The molecular weight excluding hydrogens is 226 g/mol. The lowest BCUT2D eigenvalue weighted by Crippen LogP contribution is -2.34. The number of rotatable bonds is 4. The van der Waals surface area contributed by atoms with Crippen LogP contribution in [0.1, 0.15) is 25.7 Å². The topological polar surface area (TPSA) is 29.5 Å². The summed E-state index contributed by atoms with van der Waals surface area (Å²) in [6.45, 7) is 2.59. The van der Waals surface area contributed by atoms with Crippen LogP contribution in [0.25, 0.3) is 0 Å². The van der Waals surface area contributed by atoms with E-state index in [1.807, 2.05) is 4.90 Å². The fraction of sp³-hybridized carbons (Fsp3) is 0.917. The Labute approximate surface area is 102 Å². The summed E-state index contributed by atoms with van der Waals surface area (Å²) < 4.78 is 5.35. The van der Waals surface area contributed by atoms with Crippen molar-refractivity contribution in [3.05, 3.63) is 0 Å². The number of methoxy groups -OCH3 is 1. The predicted octanol–water partition coefficient (Wildman–Crippen LogP) is 1.89. The van der Waals surface area contributed by atoms with Gasteiger partial charge in [-0.15, -0.1) is 11.6 Å². The van der Waals surface area contributed by atoms with Crippen molar-refractivity contribution >= 4 is 17.5 Å². The zero-order chi connectivity index (χ0) is 11.6. The molecule has 1 aliphatic carbocycles.